The van der Waals surface area contributed by atoms with Gasteiger partial charge in [-0.15, -0.1) is 0 Å². The van der Waals surface area contributed by atoms with Crippen LogP contribution < -0.4 is 14.7 Å². The Bertz CT molecular complexity index is 1590. The van der Waals surface area contributed by atoms with E-state index in [1.54, 1.807) is 0 Å². The Labute approximate surface area is 337 Å². The van der Waals surface area contributed by atoms with E-state index in [-0.39, 0.29) is 0 Å². The standard InChI is InChI=1S/C50H77N5/c1-35(2)42-21-28-53(29-22-42)47-17-14-43(15-18-47)37(5)10-11-38(6)44-23-30-54(31-24-44)49-19-16-46(34-41(49)9)40(8)13-12-39(7)45-25-32-55(33-26-45)50-51-27-20-48(52-50)36(3)4/h14-20,27,34-40,42,44-45H,10-13,21-26,28-33H2,1-9H3. The van der Waals surface area contributed by atoms with E-state index in [2.05, 4.69) is 131 Å². The predicted molar refractivity (Wildman–Crippen MR) is 237 cm³/mol. The second-order valence-electron chi connectivity index (χ2n) is 19.2. The van der Waals surface area contributed by atoms with Gasteiger partial charge >= 0.3 is 0 Å². The molecule has 1 aromatic heterocycles. The van der Waals surface area contributed by atoms with Gasteiger partial charge < -0.3 is 14.7 Å². The number of hydrogen-bond donors (Lipinski definition) is 0. The Balaban J connectivity index is 0.897. The Morgan fingerprint density at radius 1 is 0.564 bits per heavy atom. The number of hydrogen-bond acceptors (Lipinski definition) is 5. The molecule has 6 rings (SSSR count). The lowest BCUT2D eigenvalue weighted by atomic mass is 9.80. The lowest BCUT2D eigenvalue weighted by Crippen LogP contribution is -2.36. The summed E-state index contributed by atoms with van der Waals surface area (Å²) in [4.78, 5) is 17.2. The van der Waals surface area contributed by atoms with E-state index in [1.807, 2.05) is 6.20 Å². The van der Waals surface area contributed by atoms with Gasteiger partial charge in [0.15, 0.2) is 0 Å². The van der Waals surface area contributed by atoms with Gasteiger partial charge in [0, 0.05) is 62.5 Å². The smallest absolute Gasteiger partial charge is 0.225 e. The molecule has 0 aliphatic carbocycles. The molecule has 0 saturated carbocycles. The maximum absolute atomic E-state index is 4.86. The Morgan fingerprint density at radius 3 is 1.62 bits per heavy atom. The van der Waals surface area contributed by atoms with E-state index in [0.29, 0.717) is 17.8 Å². The molecule has 3 aliphatic rings. The van der Waals surface area contributed by atoms with Crippen molar-refractivity contribution in [2.75, 3.05) is 54.0 Å². The highest BCUT2D eigenvalue weighted by atomic mass is 15.3. The average Bonchev–Trinajstić information content (AvgIpc) is 3.21. The molecule has 55 heavy (non-hydrogen) atoms. The molecule has 5 nitrogen and oxygen atoms in total. The molecule has 4 atom stereocenters. The summed E-state index contributed by atoms with van der Waals surface area (Å²) in [7, 11) is 0. The van der Waals surface area contributed by atoms with Gasteiger partial charge in [-0.05, 0) is 165 Å². The molecule has 3 fully saturated rings. The zero-order valence-corrected chi connectivity index (χ0v) is 36.4. The first kappa shape index (κ1) is 41.6. The van der Waals surface area contributed by atoms with Gasteiger partial charge in [-0.25, -0.2) is 9.97 Å². The van der Waals surface area contributed by atoms with Crippen molar-refractivity contribution in [1.29, 1.82) is 0 Å². The van der Waals surface area contributed by atoms with Crippen LogP contribution in [0.5, 0.6) is 0 Å². The van der Waals surface area contributed by atoms with Crippen molar-refractivity contribution in [3.8, 4) is 0 Å². The van der Waals surface area contributed by atoms with Crippen molar-refractivity contribution in [2.24, 2.45) is 35.5 Å². The number of piperidine rings is 3. The van der Waals surface area contributed by atoms with E-state index >= 15 is 0 Å². The normalized spacial score (nSPS) is 20.3. The number of nitrogens with zero attached hydrogens (tertiary/aromatic N) is 5. The van der Waals surface area contributed by atoms with Crippen molar-refractivity contribution in [1.82, 2.24) is 9.97 Å². The Kier molecular flexibility index (Phi) is 14.6. The van der Waals surface area contributed by atoms with Gasteiger partial charge in [-0.3, -0.25) is 0 Å². The minimum atomic E-state index is 0.440. The van der Waals surface area contributed by atoms with Crippen LogP contribution in [0.15, 0.2) is 54.7 Å². The number of anilines is 3. The highest BCUT2D eigenvalue weighted by Crippen LogP contribution is 2.37. The van der Waals surface area contributed by atoms with Gasteiger partial charge in [-0.1, -0.05) is 79.7 Å². The number of aromatic nitrogens is 2. The summed E-state index contributed by atoms with van der Waals surface area (Å²) < 4.78 is 0. The number of benzene rings is 2. The molecule has 0 radical (unpaired) electrons. The van der Waals surface area contributed by atoms with Crippen LogP contribution in [0.25, 0.3) is 0 Å². The van der Waals surface area contributed by atoms with E-state index < -0.39 is 0 Å². The van der Waals surface area contributed by atoms with Crippen molar-refractivity contribution >= 4 is 17.3 Å². The third-order valence-corrected chi connectivity index (χ3v) is 14.8. The molecule has 5 heteroatoms. The van der Waals surface area contributed by atoms with E-state index in [4.69, 9.17) is 4.98 Å². The van der Waals surface area contributed by atoms with Crippen molar-refractivity contribution in [2.45, 2.75) is 144 Å². The first-order chi connectivity index (χ1) is 26.5. The summed E-state index contributed by atoms with van der Waals surface area (Å²) in [6.07, 6.45) is 15.0. The van der Waals surface area contributed by atoms with E-state index in [0.717, 1.165) is 60.2 Å². The molecule has 302 valence electrons. The molecule has 0 N–H and O–H groups in total. The van der Waals surface area contributed by atoms with Gasteiger partial charge in [0.05, 0.1) is 0 Å². The molecule has 3 aliphatic heterocycles. The third-order valence-electron chi connectivity index (χ3n) is 14.8. The fourth-order valence-electron chi connectivity index (χ4n) is 10.2. The zero-order chi connectivity index (χ0) is 39.1. The van der Waals surface area contributed by atoms with Crippen molar-refractivity contribution in [3.63, 3.8) is 0 Å². The van der Waals surface area contributed by atoms with Crippen LogP contribution in [0.1, 0.15) is 160 Å². The molecular weight excluding hydrogens is 671 g/mol. The van der Waals surface area contributed by atoms with Gasteiger partial charge in [-0.2, -0.15) is 0 Å². The monoisotopic (exact) mass is 748 g/mol. The first-order valence-corrected chi connectivity index (χ1v) is 22.7. The molecule has 0 spiro atoms. The lowest BCUT2D eigenvalue weighted by Gasteiger charge is -2.37. The van der Waals surface area contributed by atoms with Crippen LogP contribution in [-0.2, 0) is 0 Å². The van der Waals surface area contributed by atoms with Crippen molar-refractivity contribution in [3.05, 3.63) is 77.1 Å². The molecular formula is C50H77N5. The SMILES string of the molecule is Cc1cc(C(C)CCC(C)C2CCN(c3nccc(C(C)C)n3)CC2)ccc1N1CCC(C(C)CCC(C)c2ccc(N3CCC(C(C)C)CC3)cc2)CC1. The molecule has 4 heterocycles. The zero-order valence-electron chi connectivity index (χ0n) is 36.4. The van der Waals surface area contributed by atoms with Crippen LogP contribution in [0.4, 0.5) is 17.3 Å². The summed E-state index contributed by atoms with van der Waals surface area (Å²) in [5.74, 6) is 7.50. The first-order valence-electron chi connectivity index (χ1n) is 22.7. The summed E-state index contributed by atoms with van der Waals surface area (Å²) in [5, 5.41) is 0. The fraction of sp³-hybridized carbons (Fsp3) is 0.680. The quantitative estimate of drug-likeness (QED) is 0.155. The Morgan fingerprint density at radius 2 is 1.07 bits per heavy atom. The van der Waals surface area contributed by atoms with Gasteiger partial charge in [0.2, 0.25) is 5.95 Å². The molecule has 0 bridgehead atoms. The largest absolute Gasteiger partial charge is 0.372 e. The summed E-state index contributed by atoms with van der Waals surface area (Å²) >= 11 is 0. The minimum Gasteiger partial charge on any atom is -0.372 e. The second-order valence-corrected chi connectivity index (χ2v) is 19.2. The molecule has 4 unspecified atom stereocenters. The second kappa shape index (κ2) is 19.4. The van der Waals surface area contributed by atoms with Crippen LogP contribution in [0.2, 0.25) is 0 Å². The number of rotatable bonds is 15. The Hall–Kier alpha value is -3.08. The highest BCUT2D eigenvalue weighted by molar-refractivity contribution is 5.55. The maximum Gasteiger partial charge on any atom is 0.225 e. The molecule has 0 amide bonds. The lowest BCUT2D eigenvalue weighted by molar-refractivity contribution is 0.270. The topological polar surface area (TPSA) is 35.5 Å². The molecule has 2 aromatic carbocycles. The fourth-order valence-corrected chi connectivity index (χ4v) is 10.2. The van der Waals surface area contributed by atoms with Crippen LogP contribution in [0.3, 0.4) is 0 Å². The molecule has 3 aromatic rings. The van der Waals surface area contributed by atoms with Gasteiger partial charge in [0.1, 0.15) is 0 Å². The third kappa shape index (κ3) is 10.9. The van der Waals surface area contributed by atoms with Crippen molar-refractivity contribution < 1.29 is 0 Å². The average molecular weight is 748 g/mol. The summed E-state index contributed by atoms with van der Waals surface area (Å²) in [6.45, 7) is 28.4. The van der Waals surface area contributed by atoms with E-state index in [9.17, 15) is 0 Å². The van der Waals surface area contributed by atoms with E-state index in [1.165, 1.54) is 118 Å². The van der Waals surface area contributed by atoms with Crippen LogP contribution in [0, 0.1) is 42.4 Å². The highest BCUT2D eigenvalue weighted by Gasteiger charge is 2.28. The minimum absolute atomic E-state index is 0.440. The van der Waals surface area contributed by atoms with Gasteiger partial charge in [0.25, 0.3) is 0 Å². The van der Waals surface area contributed by atoms with Crippen LogP contribution in [-0.4, -0.2) is 49.2 Å². The summed E-state index contributed by atoms with van der Waals surface area (Å²) in [5.41, 5.74) is 8.52. The predicted octanol–water partition coefficient (Wildman–Crippen LogP) is 12.7. The molecule has 3 saturated heterocycles. The van der Waals surface area contributed by atoms with Crippen LogP contribution >= 0.6 is 0 Å². The maximum atomic E-state index is 4.86. The number of aryl methyl sites for hydroxylation is 1. The summed E-state index contributed by atoms with van der Waals surface area (Å²) in [6, 6.07) is 19.1.